The van der Waals surface area contributed by atoms with Gasteiger partial charge in [0.2, 0.25) is 0 Å². The molecule has 0 aliphatic rings. The van der Waals surface area contributed by atoms with Crippen molar-refractivity contribution in [3.8, 4) is 11.3 Å². The van der Waals surface area contributed by atoms with Gasteiger partial charge in [-0.25, -0.2) is 9.97 Å². The topological polar surface area (TPSA) is 133 Å². The molecular formula is C13H13ClN6O. The molecular weight excluding hydrogens is 292 g/mol. The van der Waals surface area contributed by atoms with Crippen LogP contribution in [0.5, 0.6) is 0 Å². The molecule has 21 heavy (non-hydrogen) atoms. The number of hydrogen-bond donors (Lipinski definition) is 3. The maximum absolute atomic E-state index is 11.5. The van der Waals surface area contributed by atoms with Crippen molar-refractivity contribution in [1.29, 1.82) is 0 Å². The molecule has 1 aromatic carbocycles. The molecule has 0 spiro atoms. The van der Waals surface area contributed by atoms with Gasteiger partial charge in [-0.1, -0.05) is 41.9 Å². The number of anilines is 1. The minimum atomic E-state index is -0.570. The zero-order valence-corrected chi connectivity index (χ0v) is 11.7. The minimum Gasteiger partial charge on any atom is -0.382 e. The molecule has 1 heterocycles. The van der Waals surface area contributed by atoms with Crippen molar-refractivity contribution >= 4 is 29.3 Å². The van der Waals surface area contributed by atoms with Crippen LogP contribution >= 0.6 is 11.6 Å². The van der Waals surface area contributed by atoms with Crippen LogP contribution in [-0.2, 0) is 11.2 Å². The van der Waals surface area contributed by atoms with Gasteiger partial charge in [0.1, 0.15) is 11.5 Å². The first-order valence-electron chi connectivity index (χ1n) is 5.97. The number of nitrogens with two attached hydrogens (primary N) is 3. The lowest BCUT2D eigenvalue weighted by Crippen LogP contribution is -2.24. The van der Waals surface area contributed by atoms with Crippen molar-refractivity contribution in [3.63, 3.8) is 0 Å². The number of guanidine groups is 1. The monoisotopic (exact) mass is 304 g/mol. The van der Waals surface area contributed by atoms with Gasteiger partial charge in [0.05, 0.1) is 12.1 Å². The van der Waals surface area contributed by atoms with Crippen molar-refractivity contribution < 1.29 is 4.79 Å². The fourth-order valence-corrected chi connectivity index (χ4v) is 1.95. The van der Waals surface area contributed by atoms with Gasteiger partial charge >= 0.3 is 0 Å². The zero-order valence-electron chi connectivity index (χ0n) is 11.0. The maximum atomic E-state index is 11.5. The molecule has 1 amide bonds. The second kappa shape index (κ2) is 6.19. The number of rotatable bonds is 3. The number of nitrogens with zero attached hydrogens (tertiary/aromatic N) is 3. The summed E-state index contributed by atoms with van der Waals surface area (Å²) in [6.45, 7) is 0. The van der Waals surface area contributed by atoms with E-state index in [0.29, 0.717) is 5.69 Å². The summed E-state index contributed by atoms with van der Waals surface area (Å²) in [5.74, 6) is -0.782. The van der Waals surface area contributed by atoms with Crippen LogP contribution in [0.3, 0.4) is 0 Å². The predicted molar refractivity (Wildman–Crippen MR) is 81.4 cm³/mol. The molecule has 1 aromatic heterocycles. The summed E-state index contributed by atoms with van der Waals surface area (Å²) >= 11 is 6.10. The van der Waals surface area contributed by atoms with E-state index in [4.69, 9.17) is 28.8 Å². The molecule has 0 saturated carbocycles. The van der Waals surface area contributed by atoms with Gasteiger partial charge in [-0.3, -0.25) is 4.79 Å². The summed E-state index contributed by atoms with van der Waals surface area (Å²) in [7, 11) is 0. The van der Waals surface area contributed by atoms with E-state index in [1.807, 2.05) is 30.3 Å². The van der Waals surface area contributed by atoms with Crippen molar-refractivity contribution in [1.82, 2.24) is 9.97 Å². The van der Waals surface area contributed by atoms with Gasteiger partial charge in [-0.15, -0.1) is 0 Å². The zero-order chi connectivity index (χ0) is 15.4. The summed E-state index contributed by atoms with van der Waals surface area (Å²) < 4.78 is 0. The van der Waals surface area contributed by atoms with Gasteiger partial charge < -0.3 is 17.2 Å². The highest BCUT2D eigenvalue weighted by Gasteiger charge is 2.14. The highest BCUT2D eigenvalue weighted by molar-refractivity contribution is 6.31. The average Bonchev–Trinajstić information content (AvgIpc) is 2.42. The highest BCUT2D eigenvalue weighted by atomic mass is 35.5. The standard InChI is InChI=1S/C13H13ClN6O/c14-11-10(7-4-2-1-3-5-7)20-12(15)8(18-11)6-9(21)19-13(16)17/h1-5H,6H2,(H2,15,20)(H4,16,17,19,21). The third-order valence-electron chi connectivity index (χ3n) is 2.58. The molecule has 7 nitrogen and oxygen atoms in total. The van der Waals surface area contributed by atoms with Crippen molar-refractivity contribution in [3.05, 3.63) is 41.2 Å². The first kappa shape index (κ1) is 14.7. The SMILES string of the molecule is NC(N)=NC(=O)Cc1nc(Cl)c(-c2ccccc2)nc1N. The Balaban J connectivity index is 2.34. The van der Waals surface area contributed by atoms with E-state index < -0.39 is 5.91 Å². The van der Waals surface area contributed by atoms with E-state index >= 15 is 0 Å². The third kappa shape index (κ3) is 3.67. The van der Waals surface area contributed by atoms with Crippen LogP contribution < -0.4 is 17.2 Å². The lowest BCUT2D eigenvalue weighted by molar-refractivity contribution is -0.117. The molecule has 6 N–H and O–H groups in total. The molecule has 0 aliphatic carbocycles. The number of hydrogen-bond acceptors (Lipinski definition) is 4. The van der Waals surface area contributed by atoms with Crippen LogP contribution in [0.15, 0.2) is 35.3 Å². The first-order chi connectivity index (χ1) is 9.97. The molecule has 0 radical (unpaired) electrons. The van der Waals surface area contributed by atoms with Crippen LogP contribution in [0.1, 0.15) is 5.69 Å². The Morgan fingerprint density at radius 2 is 1.86 bits per heavy atom. The van der Waals surface area contributed by atoms with E-state index in [0.717, 1.165) is 5.56 Å². The number of halogens is 1. The summed E-state index contributed by atoms with van der Waals surface area (Å²) in [6.07, 6.45) is -0.175. The number of carbonyl (C=O) groups excluding carboxylic acids is 1. The Morgan fingerprint density at radius 1 is 1.19 bits per heavy atom. The quantitative estimate of drug-likeness (QED) is 0.565. The van der Waals surface area contributed by atoms with E-state index in [1.54, 1.807) is 0 Å². The van der Waals surface area contributed by atoms with E-state index in [9.17, 15) is 4.79 Å². The lowest BCUT2D eigenvalue weighted by atomic mass is 10.1. The predicted octanol–water partition coefficient (Wildman–Crippen LogP) is 0.722. The number of benzene rings is 1. The van der Waals surface area contributed by atoms with Crippen molar-refractivity contribution in [2.45, 2.75) is 6.42 Å². The van der Waals surface area contributed by atoms with Gasteiger partial charge in [-0.05, 0) is 0 Å². The maximum Gasteiger partial charge on any atom is 0.255 e. The molecule has 0 aliphatic heterocycles. The minimum absolute atomic E-state index is 0.109. The first-order valence-corrected chi connectivity index (χ1v) is 6.35. The fourth-order valence-electron chi connectivity index (χ4n) is 1.70. The van der Waals surface area contributed by atoms with Gasteiger partial charge in [0.25, 0.3) is 5.91 Å². The van der Waals surface area contributed by atoms with Crippen molar-refractivity contribution in [2.75, 3.05) is 5.73 Å². The van der Waals surface area contributed by atoms with Gasteiger partial charge in [0, 0.05) is 5.56 Å². The number of nitrogen functional groups attached to an aromatic ring is 1. The van der Waals surface area contributed by atoms with Crippen LogP contribution in [0, 0.1) is 0 Å². The Bertz CT molecular complexity index is 697. The second-order valence-corrected chi connectivity index (χ2v) is 4.53. The molecule has 2 rings (SSSR count). The summed E-state index contributed by atoms with van der Waals surface area (Å²) in [5.41, 5.74) is 17.5. The molecule has 108 valence electrons. The van der Waals surface area contributed by atoms with Crippen LogP contribution in [0.25, 0.3) is 11.3 Å². The van der Waals surface area contributed by atoms with E-state index in [2.05, 4.69) is 15.0 Å². The number of aliphatic imine (C=N–C) groups is 1. The Morgan fingerprint density at radius 3 is 2.48 bits per heavy atom. The third-order valence-corrected chi connectivity index (χ3v) is 2.84. The van der Waals surface area contributed by atoms with E-state index in [1.165, 1.54) is 0 Å². The smallest absolute Gasteiger partial charge is 0.255 e. The van der Waals surface area contributed by atoms with E-state index in [-0.39, 0.29) is 29.0 Å². The van der Waals surface area contributed by atoms with Crippen LogP contribution in [0.4, 0.5) is 5.82 Å². The summed E-state index contributed by atoms with van der Waals surface area (Å²) in [4.78, 5) is 23.2. The summed E-state index contributed by atoms with van der Waals surface area (Å²) in [6, 6.07) is 9.23. The van der Waals surface area contributed by atoms with Gasteiger partial charge in [-0.2, -0.15) is 4.99 Å². The number of amides is 1. The Labute approximate surface area is 125 Å². The highest BCUT2D eigenvalue weighted by Crippen LogP contribution is 2.26. The average molecular weight is 305 g/mol. The molecule has 0 fully saturated rings. The van der Waals surface area contributed by atoms with Crippen molar-refractivity contribution in [2.24, 2.45) is 16.5 Å². The normalized spacial score (nSPS) is 10.1. The van der Waals surface area contributed by atoms with Gasteiger partial charge in [0.15, 0.2) is 11.1 Å². The molecule has 0 unspecified atom stereocenters. The number of aromatic nitrogens is 2. The second-order valence-electron chi connectivity index (χ2n) is 4.17. The molecule has 8 heteroatoms. The fraction of sp³-hybridized carbons (Fsp3) is 0.0769. The molecule has 2 aromatic rings. The Hall–Kier alpha value is -2.67. The molecule has 0 bridgehead atoms. The molecule has 0 atom stereocenters. The molecule has 0 saturated heterocycles. The van der Waals surface area contributed by atoms with Crippen LogP contribution in [-0.4, -0.2) is 21.8 Å². The Kier molecular flexibility index (Phi) is 4.34. The number of carbonyl (C=O) groups is 1. The lowest BCUT2D eigenvalue weighted by Gasteiger charge is -2.08. The van der Waals surface area contributed by atoms with Crippen LogP contribution in [0.2, 0.25) is 5.15 Å². The largest absolute Gasteiger partial charge is 0.382 e. The summed E-state index contributed by atoms with van der Waals surface area (Å²) in [5, 5.41) is 0.155.